The van der Waals surface area contributed by atoms with E-state index in [2.05, 4.69) is 15.3 Å². The smallest absolute Gasteiger partial charge is 0.310 e. The van der Waals surface area contributed by atoms with Gasteiger partial charge < -0.3 is 10.3 Å². The molecule has 12 heavy (non-hydrogen) atoms. The van der Waals surface area contributed by atoms with E-state index < -0.39 is 5.69 Å². The molecule has 0 spiro atoms. The van der Waals surface area contributed by atoms with Crippen LogP contribution in [0, 0.1) is 0 Å². The monoisotopic (exact) mass is 189 g/mol. The first kappa shape index (κ1) is 9.02. The highest BCUT2D eigenvalue weighted by molar-refractivity contribution is 5.85. The molecule has 1 aromatic rings. The largest absolute Gasteiger partial charge is 0.325 e. The van der Waals surface area contributed by atoms with Crippen molar-refractivity contribution in [3.8, 4) is 0 Å². The van der Waals surface area contributed by atoms with E-state index in [4.69, 9.17) is 0 Å². The summed E-state index contributed by atoms with van der Waals surface area (Å²) in [7, 11) is 0. The molecule has 0 fully saturated rings. The van der Waals surface area contributed by atoms with Crippen LogP contribution in [-0.4, -0.2) is 9.97 Å². The molecule has 0 aliphatic carbocycles. The third-order valence-electron chi connectivity index (χ3n) is 1.73. The van der Waals surface area contributed by atoms with Crippen LogP contribution in [0.3, 0.4) is 0 Å². The van der Waals surface area contributed by atoms with Crippen LogP contribution in [0.5, 0.6) is 0 Å². The Hall–Kier alpha value is -1.07. The van der Waals surface area contributed by atoms with Crippen molar-refractivity contribution in [3.05, 3.63) is 32.1 Å². The van der Waals surface area contributed by atoms with Crippen LogP contribution in [0.1, 0.15) is 11.3 Å². The topological polar surface area (TPSA) is 77.8 Å². The van der Waals surface area contributed by atoms with Gasteiger partial charge in [0, 0.05) is 18.8 Å². The lowest BCUT2D eigenvalue weighted by Crippen LogP contribution is -2.25. The summed E-state index contributed by atoms with van der Waals surface area (Å²) in [6.07, 6.45) is 0. The minimum atomic E-state index is -0.433. The molecule has 2 heterocycles. The molecule has 0 saturated carbocycles. The average molecular weight is 190 g/mol. The van der Waals surface area contributed by atoms with Gasteiger partial charge in [0.15, 0.2) is 0 Å². The summed E-state index contributed by atoms with van der Waals surface area (Å²) in [5.41, 5.74) is 0.634. The van der Waals surface area contributed by atoms with Gasteiger partial charge in [-0.05, 0) is 0 Å². The first-order chi connectivity index (χ1) is 5.27. The summed E-state index contributed by atoms with van der Waals surface area (Å²) in [6.45, 7) is 1.12. The van der Waals surface area contributed by atoms with Gasteiger partial charge in [0.05, 0.1) is 5.56 Å². The fourth-order valence-electron chi connectivity index (χ4n) is 1.21. The molecule has 3 N–H and O–H groups in total. The van der Waals surface area contributed by atoms with Crippen LogP contribution in [0.25, 0.3) is 0 Å². The van der Waals surface area contributed by atoms with Gasteiger partial charge in [0.1, 0.15) is 0 Å². The lowest BCUT2D eigenvalue weighted by Gasteiger charge is -1.92. The quantitative estimate of drug-likeness (QED) is 0.495. The number of rotatable bonds is 0. The predicted octanol–water partition coefficient (Wildman–Crippen LogP) is -0.912. The first-order valence-electron chi connectivity index (χ1n) is 3.32. The molecule has 66 valence electrons. The second-order valence-electron chi connectivity index (χ2n) is 2.47. The highest BCUT2D eigenvalue weighted by Crippen LogP contribution is 2.03. The van der Waals surface area contributed by atoms with Crippen LogP contribution in [0.15, 0.2) is 9.59 Å². The molecule has 0 unspecified atom stereocenters. The molecule has 0 saturated heterocycles. The normalized spacial score (nSPS) is 13.7. The van der Waals surface area contributed by atoms with Crippen molar-refractivity contribution < 1.29 is 0 Å². The zero-order valence-corrected chi connectivity index (χ0v) is 6.96. The summed E-state index contributed by atoms with van der Waals surface area (Å²) in [5.74, 6) is 0. The molecule has 0 amide bonds. The molecule has 1 aromatic heterocycles. The van der Waals surface area contributed by atoms with Gasteiger partial charge in [0.2, 0.25) is 0 Å². The van der Waals surface area contributed by atoms with E-state index >= 15 is 0 Å². The molecule has 0 atom stereocenters. The summed E-state index contributed by atoms with van der Waals surface area (Å²) in [5, 5.41) is 2.97. The number of hydrogen-bond donors (Lipinski definition) is 3. The fraction of sp³-hybridized carbons (Fsp3) is 0.333. The van der Waals surface area contributed by atoms with E-state index in [1.54, 1.807) is 0 Å². The minimum Gasteiger partial charge on any atom is -0.310 e. The van der Waals surface area contributed by atoms with Crippen LogP contribution < -0.4 is 16.6 Å². The number of nitrogens with one attached hydrogen (secondary N) is 3. The average Bonchev–Trinajstić information content (AvgIpc) is 2.34. The molecule has 1 aliphatic rings. The van der Waals surface area contributed by atoms with E-state index in [-0.39, 0.29) is 18.0 Å². The Labute approximate surface area is 73.6 Å². The lowest BCUT2D eigenvalue weighted by atomic mass is 10.3. The predicted molar refractivity (Wildman–Crippen MR) is 45.5 cm³/mol. The minimum absolute atomic E-state index is 0. The fourth-order valence-corrected chi connectivity index (χ4v) is 1.21. The summed E-state index contributed by atoms with van der Waals surface area (Å²) < 4.78 is 0. The zero-order valence-electron chi connectivity index (χ0n) is 6.14. The van der Waals surface area contributed by atoms with Crippen LogP contribution in [0.2, 0.25) is 0 Å². The summed E-state index contributed by atoms with van der Waals surface area (Å²) >= 11 is 0. The number of fused-ring (bicyclic) bond motifs is 1. The standard InChI is InChI=1S/C6H7N3O2.ClH/c10-5-3-1-7-2-4(3)8-6(11)9-5;/h7H,1-2H2,(H2,8,9,10,11);1H. The Morgan fingerprint density at radius 3 is 2.58 bits per heavy atom. The number of aromatic nitrogens is 2. The van der Waals surface area contributed by atoms with Crippen molar-refractivity contribution in [2.24, 2.45) is 0 Å². The second kappa shape index (κ2) is 3.12. The Morgan fingerprint density at radius 1 is 1.08 bits per heavy atom. The van der Waals surface area contributed by atoms with E-state index in [9.17, 15) is 9.59 Å². The summed E-state index contributed by atoms with van der Waals surface area (Å²) in [4.78, 5) is 26.4. The molecule has 6 heteroatoms. The molecule has 0 bridgehead atoms. The van der Waals surface area contributed by atoms with Gasteiger partial charge >= 0.3 is 5.69 Å². The van der Waals surface area contributed by atoms with Gasteiger partial charge in [-0.3, -0.25) is 9.78 Å². The molecule has 1 aliphatic heterocycles. The van der Waals surface area contributed by atoms with E-state index in [0.29, 0.717) is 24.3 Å². The third-order valence-corrected chi connectivity index (χ3v) is 1.73. The molecular formula is C6H8ClN3O2. The number of hydrogen-bond acceptors (Lipinski definition) is 3. The molecule has 2 rings (SSSR count). The van der Waals surface area contributed by atoms with Gasteiger partial charge in [-0.25, -0.2) is 4.79 Å². The highest BCUT2D eigenvalue weighted by atomic mass is 35.5. The maximum Gasteiger partial charge on any atom is 0.325 e. The number of halogens is 1. The molecule has 0 radical (unpaired) electrons. The van der Waals surface area contributed by atoms with Gasteiger partial charge in [0.25, 0.3) is 5.56 Å². The van der Waals surface area contributed by atoms with Crippen molar-refractivity contribution >= 4 is 12.4 Å². The van der Waals surface area contributed by atoms with Crippen molar-refractivity contribution in [1.29, 1.82) is 0 Å². The Morgan fingerprint density at radius 2 is 1.83 bits per heavy atom. The van der Waals surface area contributed by atoms with Gasteiger partial charge in [-0.1, -0.05) is 0 Å². The van der Waals surface area contributed by atoms with Crippen LogP contribution in [-0.2, 0) is 13.1 Å². The van der Waals surface area contributed by atoms with Crippen molar-refractivity contribution in [3.63, 3.8) is 0 Å². The first-order valence-corrected chi connectivity index (χ1v) is 3.32. The van der Waals surface area contributed by atoms with Crippen LogP contribution in [0.4, 0.5) is 0 Å². The zero-order chi connectivity index (χ0) is 7.84. The SMILES string of the molecule is Cl.O=c1[nH]c2c(c(=O)[nH]1)CNC2. The Kier molecular flexibility index (Phi) is 2.35. The maximum atomic E-state index is 11.0. The third kappa shape index (κ3) is 1.28. The van der Waals surface area contributed by atoms with E-state index in [0.717, 1.165) is 0 Å². The molecule has 0 aromatic carbocycles. The van der Waals surface area contributed by atoms with Gasteiger partial charge in [-0.15, -0.1) is 12.4 Å². The summed E-state index contributed by atoms with van der Waals surface area (Å²) in [6, 6.07) is 0. The van der Waals surface area contributed by atoms with Crippen molar-refractivity contribution in [2.75, 3.05) is 0 Å². The van der Waals surface area contributed by atoms with Gasteiger partial charge in [-0.2, -0.15) is 0 Å². The van der Waals surface area contributed by atoms with E-state index in [1.807, 2.05) is 0 Å². The van der Waals surface area contributed by atoms with E-state index in [1.165, 1.54) is 0 Å². The Balaban J connectivity index is 0.000000720. The highest BCUT2D eigenvalue weighted by Gasteiger charge is 2.13. The second-order valence-corrected chi connectivity index (χ2v) is 2.47. The lowest BCUT2D eigenvalue weighted by molar-refractivity contribution is 0.756. The number of H-pyrrole nitrogens is 2. The molecule has 5 nitrogen and oxygen atoms in total. The van der Waals surface area contributed by atoms with Crippen molar-refractivity contribution in [1.82, 2.24) is 15.3 Å². The maximum absolute atomic E-state index is 11.0. The molecular weight excluding hydrogens is 182 g/mol. The van der Waals surface area contributed by atoms with Crippen LogP contribution >= 0.6 is 12.4 Å². The van der Waals surface area contributed by atoms with Crippen molar-refractivity contribution in [2.45, 2.75) is 13.1 Å². The Bertz CT molecular complexity index is 395. The number of aromatic amines is 2.